The maximum absolute atomic E-state index is 13.3. The van der Waals surface area contributed by atoms with Gasteiger partial charge in [0.15, 0.2) is 15.2 Å². The molecule has 0 spiro atoms. The van der Waals surface area contributed by atoms with Crippen LogP contribution in [-0.2, 0) is 24.0 Å². The summed E-state index contributed by atoms with van der Waals surface area (Å²) in [6.45, 7) is 0. The van der Waals surface area contributed by atoms with E-state index in [1.165, 1.54) is 39.8 Å². The quantitative estimate of drug-likeness (QED) is 0.113. The summed E-state index contributed by atoms with van der Waals surface area (Å²) in [7, 11) is 0. The van der Waals surface area contributed by atoms with Crippen molar-refractivity contribution in [3.63, 3.8) is 0 Å². The van der Waals surface area contributed by atoms with Crippen molar-refractivity contribution in [2.75, 3.05) is 16.8 Å². The van der Waals surface area contributed by atoms with Crippen molar-refractivity contribution in [3.05, 3.63) is 27.9 Å². The van der Waals surface area contributed by atoms with Gasteiger partial charge in [0.25, 0.3) is 11.8 Å². The van der Waals surface area contributed by atoms with Crippen molar-refractivity contribution in [2.24, 2.45) is 5.16 Å². The third-order valence-electron chi connectivity index (χ3n) is 5.99. The number of thioether (sulfide) groups is 2. The molecule has 5 rings (SSSR count). The molecule has 13 nitrogen and oxygen atoms in total. The first kappa shape index (κ1) is 26.6. The second-order valence-corrected chi connectivity index (χ2v) is 12.4. The van der Waals surface area contributed by atoms with Crippen molar-refractivity contribution in [2.45, 2.75) is 47.5 Å². The number of rotatable bonds is 11. The number of hydrogen-bond acceptors (Lipinski definition) is 13. The average molecular weight is 596 g/mol. The van der Waals surface area contributed by atoms with Gasteiger partial charge in [0, 0.05) is 16.9 Å². The molecule has 38 heavy (non-hydrogen) atoms. The molecule has 1 unspecified atom stereocenters. The van der Waals surface area contributed by atoms with Crippen LogP contribution in [0.5, 0.6) is 0 Å². The second-order valence-electron chi connectivity index (χ2n) is 8.36. The molecule has 4 heterocycles. The summed E-state index contributed by atoms with van der Waals surface area (Å²) in [5.74, 6) is -1.67. The monoisotopic (exact) mass is 595 g/mol. The molecule has 2 atom stereocenters. The number of carboxylic acids is 1. The molecular formula is C21H21N7O6S4. The normalized spacial score (nSPS) is 21.6. The largest absolute Gasteiger partial charge is 0.477 e. The van der Waals surface area contributed by atoms with Crippen molar-refractivity contribution >= 4 is 81.2 Å². The van der Waals surface area contributed by atoms with Crippen LogP contribution in [0.15, 0.2) is 31.7 Å². The first-order valence-electron chi connectivity index (χ1n) is 11.5. The Hall–Kier alpha value is -3.02. The predicted octanol–water partition coefficient (Wildman–Crippen LogP) is 1.76. The first-order chi connectivity index (χ1) is 18.5. The lowest BCUT2D eigenvalue weighted by atomic mass is 10.0. The minimum Gasteiger partial charge on any atom is -0.477 e. The molecule has 3 aliphatic rings. The van der Waals surface area contributed by atoms with Crippen LogP contribution >= 0.6 is 46.2 Å². The van der Waals surface area contributed by atoms with Gasteiger partial charge >= 0.3 is 5.97 Å². The molecular weight excluding hydrogens is 575 g/mol. The SMILES string of the molecule is O=CNc1nc(C(=NOC2CCCC2)C(=O)NC2C(=O)N3C(C(=O)O)=C(CSc4nncs4)CS[C@H]23)cs1. The van der Waals surface area contributed by atoms with Gasteiger partial charge in [-0.05, 0) is 31.3 Å². The number of amides is 3. The number of thiazole rings is 1. The Morgan fingerprint density at radius 2 is 2.13 bits per heavy atom. The maximum Gasteiger partial charge on any atom is 0.352 e. The summed E-state index contributed by atoms with van der Waals surface area (Å²) in [6, 6.07) is -0.942. The van der Waals surface area contributed by atoms with Crippen molar-refractivity contribution in [3.8, 4) is 0 Å². The first-order valence-corrected chi connectivity index (χ1v) is 15.3. The van der Waals surface area contributed by atoms with E-state index in [0.29, 0.717) is 27.8 Å². The van der Waals surface area contributed by atoms with E-state index in [4.69, 9.17) is 4.84 Å². The Balaban J connectivity index is 1.31. The molecule has 17 heteroatoms. The highest BCUT2D eigenvalue weighted by Gasteiger charge is 2.54. The van der Waals surface area contributed by atoms with Gasteiger partial charge in [0.1, 0.15) is 34.4 Å². The lowest BCUT2D eigenvalue weighted by Crippen LogP contribution is -2.71. The van der Waals surface area contributed by atoms with E-state index in [1.807, 2.05) is 0 Å². The van der Waals surface area contributed by atoms with E-state index >= 15 is 0 Å². The van der Waals surface area contributed by atoms with Crippen LogP contribution < -0.4 is 10.6 Å². The van der Waals surface area contributed by atoms with E-state index in [2.05, 4.69) is 31.0 Å². The van der Waals surface area contributed by atoms with Crippen LogP contribution in [0.3, 0.4) is 0 Å². The number of carboxylic acid groups (broad SMARTS) is 1. The molecule has 2 aromatic heterocycles. The highest BCUT2D eigenvalue weighted by atomic mass is 32.2. The summed E-state index contributed by atoms with van der Waals surface area (Å²) in [4.78, 5) is 60.3. The summed E-state index contributed by atoms with van der Waals surface area (Å²) in [5.41, 5.74) is 2.19. The molecule has 3 amide bonds. The van der Waals surface area contributed by atoms with Gasteiger partial charge < -0.3 is 20.6 Å². The fraction of sp³-hybridized carbons (Fsp3) is 0.429. The Kier molecular flexibility index (Phi) is 8.25. The Bertz CT molecular complexity index is 1290. The number of carbonyl (C=O) groups is 4. The zero-order valence-electron chi connectivity index (χ0n) is 19.6. The summed E-state index contributed by atoms with van der Waals surface area (Å²) in [5, 5.41) is 28.1. The Morgan fingerprint density at radius 3 is 2.84 bits per heavy atom. The number of hydrogen-bond donors (Lipinski definition) is 3. The Labute approximate surface area is 232 Å². The molecule has 3 N–H and O–H groups in total. The van der Waals surface area contributed by atoms with Crippen LogP contribution in [-0.4, -0.2) is 84.1 Å². The number of anilines is 1. The van der Waals surface area contributed by atoms with E-state index < -0.39 is 29.2 Å². The van der Waals surface area contributed by atoms with E-state index in [0.717, 1.165) is 37.0 Å². The molecule has 1 saturated heterocycles. The van der Waals surface area contributed by atoms with Crippen molar-refractivity contribution in [1.29, 1.82) is 0 Å². The molecule has 200 valence electrons. The average Bonchev–Trinajstić information content (AvgIpc) is 3.69. The fourth-order valence-electron chi connectivity index (χ4n) is 4.20. The second kappa shape index (κ2) is 11.8. The predicted molar refractivity (Wildman–Crippen MR) is 142 cm³/mol. The number of fused-ring (bicyclic) bond motifs is 1. The lowest BCUT2D eigenvalue weighted by Gasteiger charge is -2.49. The zero-order chi connectivity index (χ0) is 26.6. The summed E-state index contributed by atoms with van der Waals surface area (Å²) >= 11 is 5.20. The van der Waals surface area contributed by atoms with Gasteiger partial charge in [-0.15, -0.1) is 33.3 Å². The van der Waals surface area contributed by atoms with Crippen LogP contribution in [0.2, 0.25) is 0 Å². The van der Waals surface area contributed by atoms with Gasteiger partial charge in [0.2, 0.25) is 6.41 Å². The van der Waals surface area contributed by atoms with Crippen LogP contribution in [0, 0.1) is 0 Å². The molecule has 2 fully saturated rings. The number of nitrogens with zero attached hydrogens (tertiary/aromatic N) is 5. The zero-order valence-corrected chi connectivity index (χ0v) is 22.8. The molecule has 0 aromatic carbocycles. The number of nitrogens with one attached hydrogen (secondary N) is 2. The minimum atomic E-state index is -1.20. The van der Waals surface area contributed by atoms with E-state index in [9.17, 15) is 24.3 Å². The topological polar surface area (TPSA) is 176 Å². The minimum absolute atomic E-state index is 0.0659. The van der Waals surface area contributed by atoms with Crippen molar-refractivity contribution < 1.29 is 29.1 Å². The number of β-lactam (4-membered cyclic amide) rings is 1. The van der Waals surface area contributed by atoms with E-state index in [-0.39, 0.29) is 28.3 Å². The van der Waals surface area contributed by atoms with Crippen molar-refractivity contribution in [1.82, 2.24) is 25.4 Å². The maximum atomic E-state index is 13.3. The fourth-order valence-corrected chi connectivity index (χ4v) is 7.83. The number of aromatic nitrogens is 3. The summed E-state index contributed by atoms with van der Waals surface area (Å²) < 4.78 is 0.703. The molecule has 2 aromatic rings. The van der Waals surface area contributed by atoms with Crippen LogP contribution in [0.1, 0.15) is 31.4 Å². The smallest absolute Gasteiger partial charge is 0.352 e. The molecule has 2 aliphatic heterocycles. The highest BCUT2D eigenvalue weighted by Crippen LogP contribution is 2.41. The third-order valence-corrected chi connectivity index (χ3v) is 10.0. The summed E-state index contributed by atoms with van der Waals surface area (Å²) in [6.07, 6.45) is 4.04. The molecule has 1 aliphatic carbocycles. The van der Waals surface area contributed by atoms with Gasteiger partial charge in [0.05, 0.1) is 0 Å². The molecule has 1 saturated carbocycles. The standard InChI is InChI=1S/C21H21N7O6S4/c29-8-22-20-24-12(7-36-20)13(27-34-11-3-1-2-4-11)16(30)25-14-17(31)28-15(19(32)33)10(5-35-18(14)28)6-37-21-26-23-9-38-21/h7-9,11,14,18H,1-6H2,(H,25,30)(H,32,33)(H,22,24,29)/t14?,18-/m1/s1. The van der Waals surface area contributed by atoms with Gasteiger partial charge in [-0.1, -0.05) is 28.3 Å². The lowest BCUT2D eigenvalue weighted by molar-refractivity contribution is -0.150. The third kappa shape index (κ3) is 5.55. The number of aliphatic carboxylic acids is 1. The van der Waals surface area contributed by atoms with Crippen LogP contribution in [0.25, 0.3) is 0 Å². The van der Waals surface area contributed by atoms with E-state index in [1.54, 1.807) is 10.9 Å². The van der Waals surface area contributed by atoms with Crippen LogP contribution in [0.4, 0.5) is 5.13 Å². The van der Waals surface area contributed by atoms with Gasteiger partial charge in [-0.3, -0.25) is 19.3 Å². The Morgan fingerprint density at radius 1 is 1.32 bits per heavy atom. The highest BCUT2D eigenvalue weighted by molar-refractivity contribution is 8.01. The van der Waals surface area contributed by atoms with Gasteiger partial charge in [-0.25, -0.2) is 9.78 Å². The number of carbonyl (C=O) groups excluding carboxylic acids is 3. The van der Waals surface area contributed by atoms with Gasteiger partial charge in [-0.2, -0.15) is 0 Å². The number of oxime groups is 1. The molecule has 0 bridgehead atoms. The molecule has 0 radical (unpaired) electrons.